The zero-order valence-corrected chi connectivity index (χ0v) is 23.0. The van der Waals surface area contributed by atoms with Gasteiger partial charge in [0.25, 0.3) is 5.91 Å². The number of piperidine rings is 1. The first kappa shape index (κ1) is 28.8. The van der Waals surface area contributed by atoms with E-state index < -0.39 is 6.04 Å². The van der Waals surface area contributed by atoms with E-state index in [4.69, 9.17) is 5.73 Å². The van der Waals surface area contributed by atoms with Gasteiger partial charge in [-0.2, -0.15) is 4.98 Å². The fraction of sp³-hybridized carbons (Fsp3) is 0.586. The molecule has 0 saturated carbocycles. The molecule has 2 aliphatic rings. The second-order valence-corrected chi connectivity index (χ2v) is 10.6. The minimum atomic E-state index is -0.487. The van der Waals surface area contributed by atoms with Gasteiger partial charge < -0.3 is 27.0 Å². The number of likely N-dealkylation sites (tertiary alicyclic amines) is 1. The van der Waals surface area contributed by atoms with Crippen LogP contribution in [-0.4, -0.2) is 71.5 Å². The van der Waals surface area contributed by atoms with Gasteiger partial charge in [-0.05, 0) is 50.5 Å². The first-order chi connectivity index (χ1) is 19.1. The predicted molar refractivity (Wildman–Crippen MR) is 155 cm³/mol. The van der Waals surface area contributed by atoms with Crippen molar-refractivity contribution in [3.8, 4) is 0 Å². The summed E-state index contributed by atoms with van der Waals surface area (Å²) in [5.41, 5.74) is 7.83. The molecule has 6 N–H and O–H groups in total. The van der Waals surface area contributed by atoms with Gasteiger partial charge >= 0.3 is 0 Å². The van der Waals surface area contributed by atoms with Gasteiger partial charge in [0.2, 0.25) is 11.9 Å². The Morgan fingerprint density at radius 2 is 1.62 bits per heavy atom. The Hall–Kier alpha value is -3.24. The first-order valence-corrected chi connectivity index (χ1v) is 14.5. The zero-order valence-electron chi connectivity index (χ0n) is 23.0. The standard InChI is InChI=1S/C29H44N8O2/c30-25-12-6-9-15-31-26-24(20-34-29(36-26)33-17-8-2-1-7-16-32-28(25)39)27(38)35-23-13-18-37(19-14-23)21-22-10-4-3-5-11-22/h3-5,10-11,20,23,25H,1-2,6-9,12-19,21,30H2,(H,32,39)(H,35,38)(H2,31,33,34,36)/t25-/m0/s1. The number of hydrogen-bond acceptors (Lipinski definition) is 8. The molecule has 4 rings (SSSR count). The molecule has 2 aromatic rings. The lowest BCUT2D eigenvalue weighted by Gasteiger charge is -2.32. The van der Waals surface area contributed by atoms with Gasteiger partial charge in [0.1, 0.15) is 11.4 Å². The van der Waals surface area contributed by atoms with Crippen molar-refractivity contribution in [2.45, 2.75) is 76.4 Å². The van der Waals surface area contributed by atoms with Gasteiger partial charge in [0, 0.05) is 51.5 Å². The Morgan fingerprint density at radius 3 is 2.38 bits per heavy atom. The average Bonchev–Trinajstić information content (AvgIpc) is 2.95. The van der Waals surface area contributed by atoms with E-state index in [1.54, 1.807) is 6.20 Å². The van der Waals surface area contributed by atoms with Crippen LogP contribution in [0.15, 0.2) is 36.5 Å². The molecule has 212 valence electrons. The Kier molecular flexibility index (Phi) is 11.3. The molecule has 10 nitrogen and oxygen atoms in total. The maximum absolute atomic E-state index is 13.3. The minimum Gasteiger partial charge on any atom is -0.369 e. The maximum Gasteiger partial charge on any atom is 0.256 e. The zero-order chi connectivity index (χ0) is 27.3. The van der Waals surface area contributed by atoms with Gasteiger partial charge in [0.05, 0.1) is 6.04 Å². The first-order valence-electron chi connectivity index (χ1n) is 14.5. The maximum atomic E-state index is 13.3. The Labute approximate surface area is 231 Å². The molecule has 39 heavy (non-hydrogen) atoms. The summed E-state index contributed by atoms with van der Waals surface area (Å²) in [5, 5.41) is 12.8. The second kappa shape index (κ2) is 15.4. The number of nitrogens with zero attached hydrogens (tertiary/aromatic N) is 3. The largest absolute Gasteiger partial charge is 0.369 e. The van der Waals surface area contributed by atoms with Crippen LogP contribution in [0.2, 0.25) is 0 Å². The molecule has 0 spiro atoms. The number of carbonyl (C=O) groups excluding carboxylic acids is 2. The molecule has 1 aromatic heterocycles. The quantitative estimate of drug-likeness (QED) is 0.402. The molecule has 1 aromatic carbocycles. The number of nitrogens with two attached hydrogens (primary N) is 1. The van der Waals surface area contributed by atoms with E-state index in [9.17, 15) is 9.59 Å². The number of benzene rings is 1. The lowest BCUT2D eigenvalue weighted by molar-refractivity contribution is -0.122. The molecule has 2 aliphatic heterocycles. The molecular weight excluding hydrogens is 492 g/mol. The fourth-order valence-corrected chi connectivity index (χ4v) is 5.08. The van der Waals surface area contributed by atoms with Crippen LogP contribution in [0.4, 0.5) is 11.8 Å². The van der Waals surface area contributed by atoms with E-state index in [2.05, 4.69) is 60.4 Å². The molecule has 10 heteroatoms. The van der Waals surface area contributed by atoms with Gasteiger partial charge in [-0.3, -0.25) is 14.5 Å². The van der Waals surface area contributed by atoms with E-state index >= 15 is 0 Å². The van der Waals surface area contributed by atoms with Gasteiger partial charge in [0.15, 0.2) is 0 Å². The van der Waals surface area contributed by atoms with Crippen LogP contribution in [-0.2, 0) is 11.3 Å². The van der Waals surface area contributed by atoms with E-state index in [1.165, 1.54) is 5.56 Å². The van der Waals surface area contributed by atoms with Gasteiger partial charge in [-0.15, -0.1) is 0 Å². The molecule has 2 bridgehead atoms. The third-order valence-electron chi connectivity index (χ3n) is 7.46. The number of rotatable bonds is 4. The van der Waals surface area contributed by atoms with Crippen molar-refractivity contribution in [1.82, 2.24) is 25.5 Å². The molecule has 0 aliphatic carbocycles. The number of nitrogens with one attached hydrogen (secondary N) is 4. The van der Waals surface area contributed by atoms with Crippen molar-refractivity contribution < 1.29 is 9.59 Å². The number of fused-ring (bicyclic) bond motifs is 2. The van der Waals surface area contributed by atoms with E-state index in [0.29, 0.717) is 36.8 Å². The SMILES string of the molecule is N[C@H]1CCCCNc2nc(ncc2C(=O)NC2CCN(Cc3ccccc3)CC2)NCCCCCCNC1=O. The van der Waals surface area contributed by atoms with Crippen molar-refractivity contribution in [1.29, 1.82) is 0 Å². The van der Waals surface area contributed by atoms with Crippen LogP contribution in [0.25, 0.3) is 0 Å². The van der Waals surface area contributed by atoms with Gasteiger partial charge in [-0.1, -0.05) is 43.2 Å². The summed E-state index contributed by atoms with van der Waals surface area (Å²) in [7, 11) is 0. The lowest BCUT2D eigenvalue weighted by Crippen LogP contribution is -2.44. The van der Waals surface area contributed by atoms with Crippen LogP contribution < -0.4 is 27.0 Å². The minimum absolute atomic E-state index is 0.0731. The molecule has 3 heterocycles. The smallest absolute Gasteiger partial charge is 0.256 e. The normalized spacial score (nSPS) is 20.9. The predicted octanol–water partition coefficient (Wildman–Crippen LogP) is 2.88. The molecule has 1 saturated heterocycles. The molecule has 0 unspecified atom stereocenters. The summed E-state index contributed by atoms with van der Waals surface area (Å²) >= 11 is 0. The topological polar surface area (TPSA) is 137 Å². The highest BCUT2D eigenvalue weighted by Gasteiger charge is 2.23. The summed E-state index contributed by atoms with van der Waals surface area (Å²) in [6.45, 7) is 4.89. The van der Waals surface area contributed by atoms with E-state index in [0.717, 1.165) is 77.5 Å². The van der Waals surface area contributed by atoms with Crippen molar-refractivity contribution in [3.05, 3.63) is 47.7 Å². The number of anilines is 2. The van der Waals surface area contributed by atoms with Crippen molar-refractivity contribution in [2.75, 3.05) is 43.4 Å². The average molecular weight is 537 g/mol. The number of hydrogen-bond donors (Lipinski definition) is 5. The summed E-state index contributed by atoms with van der Waals surface area (Å²) in [6, 6.07) is 10.1. The molecule has 0 radical (unpaired) electrons. The van der Waals surface area contributed by atoms with E-state index in [-0.39, 0.29) is 17.9 Å². The van der Waals surface area contributed by atoms with Gasteiger partial charge in [-0.25, -0.2) is 4.98 Å². The van der Waals surface area contributed by atoms with Crippen LogP contribution >= 0.6 is 0 Å². The molecule has 2 amide bonds. The highest BCUT2D eigenvalue weighted by Crippen LogP contribution is 2.18. The number of aromatic nitrogens is 2. The molecular formula is C29H44N8O2. The van der Waals surface area contributed by atoms with E-state index in [1.807, 2.05) is 6.07 Å². The highest BCUT2D eigenvalue weighted by atomic mass is 16.2. The van der Waals surface area contributed by atoms with Crippen LogP contribution in [0.3, 0.4) is 0 Å². The summed E-state index contributed by atoms with van der Waals surface area (Å²) in [5.74, 6) is 0.843. The van der Waals surface area contributed by atoms with Crippen molar-refractivity contribution in [2.24, 2.45) is 5.73 Å². The van der Waals surface area contributed by atoms with Crippen LogP contribution in [0.5, 0.6) is 0 Å². The number of carbonyl (C=O) groups is 2. The summed E-state index contributed by atoms with van der Waals surface area (Å²) in [4.78, 5) is 37.0. The Morgan fingerprint density at radius 1 is 0.923 bits per heavy atom. The summed E-state index contributed by atoms with van der Waals surface area (Å²) < 4.78 is 0. The monoisotopic (exact) mass is 536 g/mol. The highest BCUT2D eigenvalue weighted by molar-refractivity contribution is 5.98. The third kappa shape index (κ3) is 9.47. The van der Waals surface area contributed by atoms with Crippen LogP contribution in [0.1, 0.15) is 73.7 Å². The molecule has 1 fully saturated rings. The second-order valence-electron chi connectivity index (χ2n) is 10.6. The third-order valence-corrected chi connectivity index (χ3v) is 7.46. The number of amides is 2. The summed E-state index contributed by atoms with van der Waals surface area (Å²) in [6.07, 6.45) is 9.70. The van der Waals surface area contributed by atoms with Crippen molar-refractivity contribution >= 4 is 23.6 Å². The Bertz CT molecular complexity index is 1040. The van der Waals surface area contributed by atoms with Crippen LogP contribution in [0, 0.1) is 0 Å². The van der Waals surface area contributed by atoms with Crippen molar-refractivity contribution in [3.63, 3.8) is 0 Å². The fourth-order valence-electron chi connectivity index (χ4n) is 5.08. The molecule has 1 atom stereocenters. The lowest BCUT2D eigenvalue weighted by atomic mass is 10.0. The Balaban J connectivity index is 1.33.